The van der Waals surface area contributed by atoms with Crippen LogP contribution in [0.4, 0.5) is 11.6 Å². The molecule has 0 fully saturated rings. The van der Waals surface area contributed by atoms with Crippen LogP contribution in [0.1, 0.15) is 12.5 Å². The summed E-state index contributed by atoms with van der Waals surface area (Å²) in [5.74, 6) is 1.22. The highest BCUT2D eigenvalue weighted by Crippen LogP contribution is 2.14. The topological polar surface area (TPSA) is 98.0 Å². The van der Waals surface area contributed by atoms with Gasteiger partial charge < -0.3 is 11.1 Å². The Morgan fingerprint density at radius 1 is 1.44 bits per heavy atom. The zero-order chi connectivity index (χ0) is 12.2. The molecule has 0 amide bonds. The Kier molecular flexibility index (Phi) is 4.05. The molecular weight excluding hydrogens is 228 g/mol. The van der Waals surface area contributed by atoms with Crippen molar-refractivity contribution in [2.45, 2.75) is 13.8 Å². The third kappa shape index (κ3) is 3.34. The average molecular weight is 244 g/mol. The normalized spacial score (nSPS) is 11.4. The fraction of sp³-hybridized carbons (Fsp3) is 0.556. The van der Waals surface area contributed by atoms with E-state index in [1.165, 1.54) is 6.33 Å². The fourth-order valence-corrected chi connectivity index (χ4v) is 1.81. The Morgan fingerprint density at radius 3 is 2.75 bits per heavy atom. The molecule has 0 spiro atoms. The van der Waals surface area contributed by atoms with Crippen LogP contribution >= 0.6 is 0 Å². The minimum absolute atomic E-state index is 0.0901. The van der Waals surface area contributed by atoms with Gasteiger partial charge in [-0.2, -0.15) is 0 Å². The maximum Gasteiger partial charge on any atom is 0.151 e. The molecule has 7 heteroatoms. The number of nitrogen functional groups attached to an aromatic ring is 1. The number of aromatic nitrogens is 2. The van der Waals surface area contributed by atoms with Crippen molar-refractivity contribution in [2.24, 2.45) is 0 Å². The van der Waals surface area contributed by atoms with Gasteiger partial charge in [-0.05, 0) is 6.92 Å². The SMILES string of the molecule is CCS(=O)(=O)CCNc1ncnc(N)c1C. The van der Waals surface area contributed by atoms with Crippen molar-refractivity contribution >= 4 is 21.5 Å². The first-order valence-corrected chi connectivity index (χ1v) is 6.79. The third-order valence-corrected chi connectivity index (χ3v) is 3.97. The molecule has 1 heterocycles. The molecule has 0 unspecified atom stereocenters. The molecule has 0 bridgehead atoms. The molecule has 0 aliphatic heterocycles. The predicted octanol–water partition coefficient (Wildman–Crippen LogP) is 0.214. The van der Waals surface area contributed by atoms with Crippen molar-refractivity contribution in [3.8, 4) is 0 Å². The summed E-state index contributed by atoms with van der Waals surface area (Å²) >= 11 is 0. The zero-order valence-corrected chi connectivity index (χ0v) is 10.2. The van der Waals surface area contributed by atoms with E-state index >= 15 is 0 Å². The summed E-state index contributed by atoms with van der Waals surface area (Å²) in [5.41, 5.74) is 6.33. The second kappa shape index (κ2) is 5.11. The van der Waals surface area contributed by atoms with E-state index in [1.807, 2.05) is 0 Å². The van der Waals surface area contributed by atoms with Crippen molar-refractivity contribution in [1.82, 2.24) is 9.97 Å². The average Bonchev–Trinajstić information content (AvgIpc) is 2.24. The van der Waals surface area contributed by atoms with Crippen LogP contribution < -0.4 is 11.1 Å². The minimum Gasteiger partial charge on any atom is -0.383 e. The summed E-state index contributed by atoms with van der Waals surface area (Å²) in [6.07, 6.45) is 1.35. The molecule has 16 heavy (non-hydrogen) atoms. The van der Waals surface area contributed by atoms with Crippen LogP contribution in [0.25, 0.3) is 0 Å². The number of hydrogen-bond acceptors (Lipinski definition) is 6. The molecule has 1 rings (SSSR count). The first-order valence-electron chi connectivity index (χ1n) is 4.97. The summed E-state index contributed by atoms with van der Waals surface area (Å²) in [6.45, 7) is 3.74. The molecule has 0 atom stereocenters. The van der Waals surface area contributed by atoms with Gasteiger partial charge in [0.25, 0.3) is 0 Å². The number of rotatable bonds is 5. The summed E-state index contributed by atoms with van der Waals surface area (Å²) in [5, 5.41) is 2.93. The monoisotopic (exact) mass is 244 g/mol. The van der Waals surface area contributed by atoms with Gasteiger partial charge in [0.05, 0.1) is 5.75 Å². The van der Waals surface area contributed by atoms with Crippen molar-refractivity contribution in [2.75, 3.05) is 29.1 Å². The summed E-state index contributed by atoms with van der Waals surface area (Å²) in [6, 6.07) is 0. The number of anilines is 2. The molecular formula is C9H16N4O2S. The highest BCUT2D eigenvalue weighted by Gasteiger charge is 2.08. The van der Waals surface area contributed by atoms with Crippen molar-refractivity contribution in [1.29, 1.82) is 0 Å². The van der Waals surface area contributed by atoms with Crippen LogP contribution in [0.15, 0.2) is 6.33 Å². The van der Waals surface area contributed by atoms with Gasteiger partial charge in [0.1, 0.15) is 18.0 Å². The third-order valence-electron chi connectivity index (χ3n) is 2.27. The van der Waals surface area contributed by atoms with Gasteiger partial charge in [-0.25, -0.2) is 18.4 Å². The van der Waals surface area contributed by atoms with E-state index < -0.39 is 9.84 Å². The molecule has 3 N–H and O–H groups in total. The van der Waals surface area contributed by atoms with E-state index in [1.54, 1.807) is 13.8 Å². The smallest absolute Gasteiger partial charge is 0.151 e. The Bertz CT molecular complexity index is 459. The maximum atomic E-state index is 11.2. The highest BCUT2D eigenvalue weighted by atomic mass is 32.2. The van der Waals surface area contributed by atoms with Gasteiger partial charge in [-0.3, -0.25) is 0 Å². The summed E-state index contributed by atoms with van der Waals surface area (Å²) < 4.78 is 22.5. The van der Waals surface area contributed by atoms with Crippen LogP contribution in [0.3, 0.4) is 0 Å². The van der Waals surface area contributed by atoms with E-state index in [2.05, 4.69) is 15.3 Å². The highest BCUT2D eigenvalue weighted by molar-refractivity contribution is 7.91. The van der Waals surface area contributed by atoms with Crippen LogP contribution in [-0.4, -0.2) is 36.4 Å². The van der Waals surface area contributed by atoms with E-state index in [4.69, 9.17) is 5.73 Å². The standard InChI is InChI=1S/C9H16N4O2S/c1-3-16(14,15)5-4-11-9-7(2)8(10)12-6-13-9/h6H,3-5H2,1-2H3,(H3,10,11,12,13). The van der Waals surface area contributed by atoms with Crippen LogP contribution in [-0.2, 0) is 9.84 Å². The van der Waals surface area contributed by atoms with Crippen molar-refractivity contribution in [3.05, 3.63) is 11.9 Å². The van der Waals surface area contributed by atoms with E-state index in [-0.39, 0.29) is 11.5 Å². The lowest BCUT2D eigenvalue weighted by molar-refractivity contribution is 0.597. The zero-order valence-electron chi connectivity index (χ0n) is 9.40. The van der Waals surface area contributed by atoms with Crippen molar-refractivity contribution in [3.63, 3.8) is 0 Å². The fourth-order valence-electron chi connectivity index (χ4n) is 1.11. The second-order valence-corrected chi connectivity index (χ2v) is 5.87. The molecule has 1 aromatic heterocycles. The number of nitrogens with two attached hydrogens (primary N) is 1. The van der Waals surface area contributed by atoms with Gasteiger partial charge in [0.2, 0.25) is 0 Å². The van der Waals surface area contributed by atoms with E-state index in [0.29, 0.717) is 18.2 Å². The van der Waals surface area contributed by atoms with Crippen molar-refractivity contribution < 1.29 is 8.42 Å². The maximum absolute atomic E-state index is 11.2. The Hall–Kier alpha value is -1.37. The molecule has 0 saturated carbocycles. The summed E-state index contributed by atoms with van der Waals surface area (Å²) in [4.78, 5) is 7.81. The minimum atomic E-state index is -2.95. The lowest BCUT2D eigenvalue weighted by atomic mass is 10.3. The van der Waals surface area contributed by atoms with Crippen LogP contribution in [0.2, 0.25) is 0 Å². The van der Waals surface area contributed by atoms with Gasteiger partial charge >= 0.3 is 0 Å². The number of hydrogen-bond donors (Lipinski definition) is 2. The molecule has 6 nitrogen and oxygen atoms in total. The first-order chi connectivity index (χ1) is 7.46. The number of nitrogens with zero attached hydrogens (tertiary/aromatic N) is 2. The Morgan fingerprint density at radius 2 is 2.12 bits per heavy atom. The molecule has 1 aromatic rings. The molecule has 0 radical (unpaired) electrons. The van der Waals surface area contributed by atoms with E-state index in [9.17, 15) is 8.42 Å². The van der Waals surface area contributed by atoms with Crippen LogP contribution in [0.5, 0.6) is 0 Å². The number of sulfone groups is 1. The molecule has 90 valence electrons. The summed E-state index contributed by atoms with van der Waals surface area (Å²) in [7, 11) is -2.95. The Labute approximate surface area is 95.2 Å². The second-order valence-electron chi connectivity index (χ2n) is 3.40. The lowest BCUT2D eigenvalue weighted by Crippen LogP contribution is -2.18. The lowest BCUT2D eigenvalue weighted by Gasteiger charge is -2.08. The van der Waals surface area contributed by atoms with Gasteiger partial charge in [0, 0.05) is 17.9 Å². The largest absolute Gasteiger partial charge is 0.383 e. The van der Waals surface area contributed by atoms with E-state index in [0.717, 1.165) is 5.56 Å². The Balaban J connectivity index is 2.59. The number of nitrogens with one attached hydrogen (secondary N) is 1. The molecule has 0 aromatic carbocycles. The van der Waals surface area contributed by atoms with Gasteiger partial charge in [0.15, 0.2) is 9.84 Å². The van der Waals surface area contributed by atoms with Gasteiger partial charge in [-0.15, -0.1) is 0 Å². The van der Waals surface area contributed by atoms with Crippen LogP contribution in [0, 0.1) is 6.92 Å². The quantitative estimate of drug-likeness (QED) is 0.768. The van der Waals surface area contributed by atoms with Gasteiger partial charge in [-0.1, -0.05) is 6.92 Å². The predicted molar refractivity (Wildman–Crippen MR) is 64.0 cm³/mol. The molecule has 0 saturated heterocycles. The molecule has 0 aliphatic carbocycles. The first kappa shape index (κ1) is 12.7. The molecule has 0 aliphatic rings.